The molecule has 1 amide bonds. The van der Waals surface area contributed by atoms with E-state index in [1.54, 1.807) is 48.5 Å². The minimum Gasteiger partial charge on any atom is -0.479 e. The molecule has 0 aliphatic carbocycles. The Bertz CT molecular complexity index is 1440. The van der Waals surface area contributed by atoms with Crippen molar-refractivity contribution in [3.63, 3.8) is 0 Å². The maximum atomic E-state index is 13.6. The number of ether oxygens (including phenoxy) is 1. The van der Waals surface area contributed by atoms with E-state index in [2.05, 4.69) is 26.3 Å². The lowest BCUT2D eigenvalue weighted by atomic mass is 10.1. The number of carbonyl (C=O) groups is 2. The highest BCUT2D eigenvalue weighted by molar-refractivity contribution is 9.10. The van der Waals surface area contributed by atoms with Crippen molar-refractivity contribution >= 4 is 51.0 Å². The van der Waals surface area contributed by atoms with Gasteiger partial charge in [0.2, 0.25) is 0 Å². The number of aromatic nitrogens is 2. The molecule has 2 atom stereocenters. The average Bonchev–Trinajstić information content (AvgIpc) is 3.24. The molecule has 0 aliphatic rings. The molecule has 7 nitrogen and oxygen atoms in total. The van der Waals surface area contributed by atoms with Crippen LogP contribution in [-0.4, -0.2) is 32.9 Å². The molecule has 4 rings (SSSR count). The second-order valence-corrected chi connectivity index (χ2v) is 10.0. The summed E-state index contributed by atoms with van der Waals surface area (Å²) in [5.74, 6) is -1.72. The van der Waals surface area contributed by atoms with Crippen molar-refractivity contribution in [2.45, 2.75) is 26.0 Å². The molecule has 0 saturated carbocycles. The van der Waals surface area contributed by atoms with Gasteiger partial charge < -0.3 is 15.2 Å². The number of carboxylic acids is 1. The summed E-state index contributed by atoms with van der Waals surface area (Å²) >= 11 is 16.0. The van der Waals surface area contributed by atoms with Gasteiger partial charge in [-0.25, -0.2) is 9.48 Å². The smallest absolute Gasteiger partial charge is 0.344 e. The van der Waals surface area contributed by atoms with Crippen molar-refractivity contribution < 1.29 is 19.4 Å². The van der Waals surface area contributed by atoms with Crippen molar-refractivity contribution in [1.29, 1.82) is 0 Å². The SMILES string of the molecule is C[C@@H](Oc1c(C(=O)N[C@H](C)c2ccc(Br)cc2)nn(-c2ccccc2Cl)c1-c1ccc(Cl)cc1)C(=O)O. The Balaban J connectivity index is 1.88. The lowest BCUT2D eigenvalue weighted by Crippen LogP contribution is -2.29. The van der Waals surface area contributed by atoms with Gasteiger partial charge in [-0.2, -0.15) is 5.10 Å². The lowest BCUT2D eigenvalue weighted by Gasteiger charge is -2.16. The number of nitrogens with one attached hydrogen (secondary N) is 1. The molecule has 1 aromatic heterocycles. The zero-order valence-corrected chi connectivity index (χ0v) is 22.9. The fourth-order valence-electron chi connectivity index (χ4n) is 3.65. The van der Waals surface area contributed by atoms with Gasteiger partial charge >= 0.3 is 5.97 Å². The predicted octanol–water partition coefficient (Wildman–Crippen LogP) is 6.95. The highest BCUT2D eigenvalue weighted by Crippen LogP contribution is 2.38. The molecule has 0 aliphatic heterocycles. The van der Waals surface area contributed by atoms with Crippen LogP contribution in [0.3, 0.4) is 0 Å². The van der Waals surface area contributed by atoms with Crippen LogP contribution < -0.4 is 10.1 Å². The summed E-state index contributed by atoms with van der Waals surface area (Å²) in [6.45, 7) is 3.22. The number of aliphatic carboxylic acids is 1. The van der Waals surface area contributed by atoms with Crippen LogP contribution in [0.15, 0.2) is 77.3 Å². The van der Waals surface area contributed by atoms with Crippen LogP contribution in [0, 0.1) is 0 Å². The van der Waals surface area contributed by atoms with Gasteiger partial charge in [0.25, 0.3) is 5.91 Å². The molecular formula is C27H22BrCl2N3O4. The molecule has 2 N–H and O–H groups in total. The number of hydrogen-bond donors (Lipinski definition) is 2. The maximum Gasteiger partial charge on any atom is 0.344 e. The first-order valence-corrected chi connectivity index (χ1v) is 12.8. The number of halogens is 3. The third-order valence-electron chi connectivity index (χ3n) is 5.62. The second-order valence-electron chi connectivity index (χ2n) is 8.24. The first-order chi connectivity index (χ1) is 17.7. The average molecular weight is 603 g/mol. The molecule has 0 unspecified atom stereocenters. The Morgan fingerprint density at radius 1 is 1.00 bits per heavy atom. The highest BCUT2D eigenvalue weighted by atomic mass is 79.9. The van der Waals surface area contributed by atoms with Gasteiger partial charge in [0.05, 0.1) is 16.8 Å². The zero-order valence-electron chi connectivity index (χ0n) is 19.8. The van der Waals surface area contributed by atoms with Gasteiger partial charge in [-0.1, -0.05) is 75.5 Å². The Morgan fingerprint density at radius 2 is 1.65 bits per heavy atom. The quantitative estimate of drug-likeness (QED) is 0.228. The fourth-order valence-corrected chi connectivity index (χ4v) is 4.26. The lowest BCUT2D eigenvalue weighted by molar-refractivity contribution is -0.144. The van der Waals surface area contributed by atoms with Crippen molar-refractivity contribution in [2.24, 2.45) is 0 Å². The van der Waals surface area contributed by atoms with Crippen LogP contribution >= 0.6 is 39.1 Å². The molecule has 0 bridgehead atoms. The van der Waals surface area contributed by atoms with E-state index in [1.165, 1.54) is 11.6 Å². The van der Waals surface area contributed by atoms with Gasteiger partial charge in [-0.15, -0.1) is 0 Å². The summed E-state index contributed by atoms with van der Waals surface area (Å²) in [6.07, 6.45) is -1.26. The summed E-state index contributed by atoms with van der Waals surface area (Å²) in [6, 6.07) is 21.0. The fraction of sp³-hybridized carbons (Fsp3) is 0.148. The Labute approximate surface area is 232 Å². The van der Waals surface area contributed by atoms with Crippen molar-refractivity contribution in [3.05, 3.63) is 98.6 Å². The van der Waals surface area contributed by atoms with E-state index < -0.39 is 18.0 Å². The number of benzene rings is 3. The van der Waals surface area contributed by atoms with Gasteiger partial charge in [0.1, 0.15) is 5.69 Å². The summed E-state index contributed by atoms with van der Waals surface area (Å²) in [4.78, 5) is 25.3. The third-order valence-corrected chi connectivity index (χ3v) is 6.72. The number of para-hydroxylation sites is 1. The van der Waals surface area contributed by atoms with Gasteiger partial charge in [0.15, 0.2) is 17.5 Å². The second kappa shape index (κ2) is 11.4. The minimum absolute atomic E-state index is 0.0117. The van der Waals surface area contributed by atoms with Gasteiger partial charge in [-0.05, 0) is 55.8 Å². The van der Waals surface area contributed by atoms with Crippen LogP contribution in [0.25, 0.3) is 16.9 Å². The van der Waals surface area contributed by atoms with E-state index in [0.29, 0.717) is 27.0 Å². The molecule has 0 spiro atoms. The molecule has 4 aromatic rings. The summed E-state index contributed by atoms with van der Waals surface area (Å²) < 4.78 is 8.26. The Morgan fingerprint density at radius 3 is 2.27 bits per heavy atom. The topological polar surface area (TPSA) is 93.5 Å². The largest absolute Gasteiger partial charge is 0.479 e. The van der Waals surface area contributed by atoms with Crippen LogP contribution in [0.1, 0.15) is 35.9 Å². The molecule has 0 radical (unpaired) electrons. The number of amides is 1. The van der Waals surface area contributed by atoms with Crippen LogP contribution in [0.5, 0.6) is 5.75 Å². The van der Waals surface area contributed by atoms with Gasteiger partial charge in [0, 0.05) is 15.1 Å². The van der Waals surface area contributed by atoms with Crippen LogP contribution in [0.4, 0.5) is 0 Å². The standard InChI is InChI=1S/C27H22BrCl2N3O4/c1-15(17-7-11-19(28)12-8-17)31-26(34)23-25(37-16(2)27(35)36)24(18-9-13-20(29)14-10-18)33(32-23)22-6-4-3-5-21(22)30/h3-16H,1-2H3,(H,31,34)(H,35,36)/t15-,16-/m1/s1. The summed E-state index contributed by atoms with van der Waals surface area (Å²) in [5, 5.41) is 18.0. The first kappa shape index (κ1) is 26.7. The predicted molar refractivity (Wildman–Crippen MR) is 147 cm³/mol. The number of rotatable bonds is 8. The minimum atomic E-state index is -1.26. The molecule has 37 heavy (non-hydrogen) atoms. The van der Waals surface area contributed by atoms with Crippen molar-refractivity contribution in [1.82, 2.24) is 15.1 Å². The van der Waals surface area contributed by atoms with E-state index in [9.17, 15) is 14.7 Å². The third kappa shape index (κ3) is 5.98. The molecule has 0 saturated heterocycles. The van der Waals surface area contributed by atoms with Crippen molar-refractivity contribution in [2.75, 3.05) is 0 Å². The number of carboxylic acid groups (broad SMARTS) is 1. The van der Waals surface area contributed by atoms with E-state index in [-0.39, 0.29) is 17.5 Å². The number of hydrogen-bond acceptors (Lipinski definition) is 4. The summed E-state index contributed by atoms with van der Waals surface area (Å²) in [7, 11) is 0. The Kier molecular flexibility index (Phi) is 8.22. The Hall–Kier alpha value is -3.33. The van der Waals surface area contributed by atoms with Crippen LogP contribution in [0.2, 0.25) is 10.0 Å². The number of carbonyl (C=O) groups excluding carboxylic acids is 1. The monoisotopic (exact) mass is 601 g/mol. The van der Waals surface area contributed by atoms with E-state index in [4.69, 9.17) is 27.9 Å². The highest BCUT2D eigenvalue weighted by Gasteiger charge is 2.30. The van der Waals surface area contributed by atoms with E-state index in [1.807, 2.05) is 31.2 Å². The molecule has 1 heterocycles. The van der Waals surface area contributed by atoms with Gasteiger partial charge in [-0.3, -0.25) is 4.79 Å². The van der Waals surface area contributed by atoms with Crippen LogP contribution in [-0.2, 0) is 4.79 Å². The zero-order chi connectivity index (χ0) is 26.7. The van der Waals surface area contributed by atoms with E-state index >= 15 is 0 Å². The first-order valence-electron chi connectivity index (χ1n) is 11.3. The molecule has 10 heteroatoms. The molecular weight excluding hydrogens is 581 g/mol. The van der Waals surface area contributed by atoms with E-state index in [0.717, 1.165) is 10.0 Å². The molecule has 190 valence electrons. The van der Waals surface area contributed by atoms with Crippen molar-refractivity contribution in [3.8, 4) is 22.7 Å². The molecule has 3 aromatic carbocycles. The number of nitrogens with zero attached hydrogens (tertiary/aromatic N) is 2. The normalized spacial score (nSPS) is 12.6. The molecule has 0 fully saturated rings. The summed E-state index contributed by atoms with van der Waals surface area (Å²) in [5.41, 5.74) is 2.24. The maximum absolute atomic E-state index is 13.6.